The van der Waals surface area contributed by atoms with Gasteiger partial charge in [-0.25, -0.2) is 9.97 Å². The fourth-order valence-electron chi connectivity index (χ4n) is 4.18. The maximum Gasteiger partial charge on any atom is 0.256 e. The Hall–Kier alpha value is -3.87. The number of nitrogens with one attached hydrogen (secondary N) is 1. The molecule has 0 saturated carbocycles. The van der Waals surface area contributed by atoms with Crippen molar-refractivity contribution in [3.8, 4) is 21.8 Å². The third kappa shape index (κ3) is 4.41. The number of halogens is 1. The highest BCUT2D eigenvalue weighted by molar-refractivity contribution is 9.10. The first-order valence-corrected chi connectivity index (χ1v) is 13.1. The number of nitrogens with zero attached hydrogens (tertiary/aromatic N) is 2. The van der Waals surface area contributed by atoms with Crippen molar-refractivity contribution in [1.82, 2.24) is 9.97 Å². The Morgan fingerprint density at radius 3 is 2.36 bits per heavy atom. The molecule has 6 aromatic rings. The lowest BCUT2D eigenvalue weighted by molar-refractivity contribution is 0.102. The summed E-state index contributed by atoms with van der Waals surface area (Å²) in [4.78, 5) is 23.0. The average molecular weight is 550 g/mol. The monoisotopic (exact) mass is 549 g/mol. The van der Waals surface area contributed by atoms with Crippen molar-refractivity contribution in [3.63, 3.8) is 0 Å². The van der Waals surface area contributed by atoms with E-state index in [9.17, 15) is 4.79 Å². The number of fused-ring (bicyclic) bond motifs is 2. The number of hydrogen-bond donors (Lipinski definition) is 1. The number of carbonyl (C=O) groups is 1. The van der Waals surface area contributed by atoms with E-state index in [2.05, 4.69) is 46.4 Å². The molecule has 4 nitrogen and oxygen atoms in total. The van der Waals surface area contributed by atoms with Gasteiger partial charge in [-0.2, -0.15) is 0 Å². The van der Waals surface area contributed by atoms with Crippen molar-refractivity contribution in [3.05, 3.63) is 113 Å². The van der Waals surface area contributed by atoms with Crippen molar-refractivity contribution >= 4 is 60.0 Å². The number of amides is 1. The zero-order valence-electron chi connectivity index (χ0n) is 19.3. The van der Waals surface area contributed by atoms with E-state index < -0.39 is 0 Å². The third-order valence-electron chi connectivity index (χ3n) is 6.03. The van der Waals surface area contributed by atoms with Crippen LogP contribution < -0.4 is 5.32 Å². The molecule has 0 bridgehead atoms. The van der Waals surface area contributed by atoms with Crippen LogP contribution in [0.15, 0.2) is 102 Å². The Balaban J connectivity index is 1.30. The predicted molar refractivity (Wildman–Crippen MR) is 153 cm³/mol. The first kappa shape index (κ1) is 22.6. The molecule has 2 heterocycles. The second-order valence-electron chi connectivity index (χ2n) is 8.60. The van der Waals surface area contributed by atoms with Crippen LogP contribution in [0.2, 0.25) is 0 Å². The number of rotatable bonds is 4. The number of para-hydroxylation sites is 1. The molecule has 0 unspecified atom stereocenters. The lowest BCUT2D eigenvalue weighted by Gasteiger charge is -2.11. The van der Waals surface area contributed by atoms with E-state index in [0.717, 1.165) is 48.4 Å². The zero-order valence-corrected chi connectivity index (χ0v) is 21.7. The number of pyridine rings is 1. The van der Waals surface area contributed by atoms with Gasteiger partial charge in [0.25, 0.3) is 5.91 Å². The minimum Gasteiger partial charge on any atom is -0.322 e. The normalized spacial score (nSPS) is 11.2. The van der Waals surface area contributed by atoms with Crippen LogP contribution in [0.4, 0.5) is 5.69 Å². The molecule has 0 atom stereocenters. The van der Waals surface area contributed by atoms with Gasteiger partial charge in [-0.1, -0.05) is 52.3 Å². The number of carbonyl (C=O) groups excluding carboxylic acids is 1. The molecule has 1 amide bonds. The molecule has 0 radical (unpaired) electrons. The van der Waals surface area contributed by atoms with Crippen LogP contribution in [-0.4, -0.2) is 15.9 Å². The average Bonchev–Trinajstić information content (AvgIpc) is 3.32. The number of hydrogen-bond acceptors (Lipinski definition) is 4. The van der Waals surface area contributed by atoms with E-state index in [4.69, 9.17) is 9.97 Å². The first-order chi connectivity index (χ1) is 17.5. The summed E-state index contributed by atoms with van der Waals surface area (Å²) in [5, 5.41) is 4.84. The quantitative estimate of drug-likeness (QED) is 0.239. The Morgan fingerprint density at radius 2 is 1.56 bits per heavy atom. The Morgan fingerprint density at radius 1 is 0.806 bits per heavy atom. The van der Waals surface area contributed by atoms with Crippen LogP contribution in [0.1, 0.15) is 15.9 Å². The van der Waals surface area contributed by atoms with Crippen molar-refractivity contribution in [2.24, 2.45) is 0 Å². The minimum absolute atomic E-state index is 0.171. The van der Waals surface area contributed by atoms with Crippen molar-refractivity contribution < 1.29 is 4.79 Å². The summed E-state index contributed by atoms with van der Waals surface area (Å²) in [7, 11) is 0. The lowest BCUT2D eigenvalue weighted by Crippen LogP contribution is -2.13. The molecule has 4 aromatic carbocycles. The fraction of sp³-hybridized carbons (Fsp3) is 0.0333. The molecule has 1 N–H and O–H groups in total. The van der Waals surface area contributed by atoms with E-state index in [1.54, 1.807) is 11.3 Å². The van der Waals surface area contributed by atoms with Gasteiger partial charge in [0.2, 0.25) is 0 Å². The van der Waals surface area contributed by atoms with Crippen molar-refractivity contribution in [2.45, 2.75) is 6.92 Å². The summed E-state index contributed by atoms with van der Waals surface area (Å²) >= 11 is 5.15. The standard InChI is InChI=1S/C30H20BrN3OS/c1-18-6-15-26-28(16-18)36-30(34-26)20-9-13-22(14-10-20)32-29(35)24-17-27(19-7-11-21(31)12-8-19)33-25-5-3-2-4-23(24)25/h2-17H,1H3,(H,32,35). The largest absolute Gasteiger partial charge is 0.322 e. The molecule has 0 spiro atoms. The van der Waals surface area contributed by atoms with Gasteiger partial charge in [0.1, 0.15) is 5.01 Å². The van der Waals surface area contributed by atoms with Crippen molar-refractivity contribution in [1.29, 1.82) is 0 Å². The van der Waals surface area contributed by atoms with Crippen LogP contribution in [-0.2, 0) is 0 Å². The number of aryl methyl sites for hydroxylation is 1. The van der Waals surface area contributed by atoms with Gasteiger partial charge in [-0.15, -0.1) is 11.3 Å². The van der Waals surface area contributed by atoms with E-state index >= 15 is 0 Å². The van der Waals surface area contributed by atoms with Gasteiger partial charge in [-0.3, -0.25) is 4.79 Å². The Kier molecular flexibility index (Phi) is 5.83. The van der Waals surface area contributed by atoms with Crippen LogP contribution in [0.5, 0.6) is 0 Å². The minimum atomic E-state index is -0.171. The third-order valence-corrected chi connectivity index (χ3v) is 7.63. The molecule has 0 saturated heterocycles. The summed E-state index contributed by atoms with van der Waals surface area (Å²) in [5.41, 5.74) is 7.06. The Bertz CT molecular complexity index is 1740. The van der Waals surface area contributed by atoms with Crippen LogP contribution in [0.25, 0.3) is 42.9 Å². The SMILES string of the molecule is Cc1ccc2nc(-c3ccc(NC(=O)c4cc(-c5ccc(Br)cc5)nc5ccccc45)cc3)sc2c1. The summed E-state index contributed by atoms with van der Waals surface area (Å²) < 4.78 is 2.17. The number of benzene rings is 4. The highest BCUT2D eigenvalue weighted by atomic mass is 79.9. The predicted octanol–water partition coefficient (Wildman–Crippen LogP) is 8.50. The molecule has 0 fully saturated rings. The van der Waals surface area contributed by atoms with E-state index in [0.29, 0.717) is 5.56 Å². The number of aromatic nitrogens is 2. The maximum absolute atomic E-state index is 13.4. The molecule has 174 valence electrons. The van der Waals surface area contributed by atoms with Crippen LogP contribution in [0.3, 0.4) is 0 Å². The summed E-state index contributed by atoms with van der Waals surface area (Å²) in [5.74, 6) is -0.171. The van der Waals surface area contributed by atoms with Gasteiger partial charge >= 0.3 is 0 Å². The number of anilines is 1. The van der Waals surface area contributed by atoms with Gasteiger partial charge in [0.05, 0.1) is 27.0 Å². The molecule has 36 heavy (non-hydrogen) atoms. The molecule has 0 aliphatic rings. The lowest BCUT2D eigenvalue weighted by atomic mass is 10.0. The van der Waals surface area contributed by atoms with E-state index in [1.807, 2.05) is 78.9 Å². The second-order valence-corrected chi connectivity index (χ2v) is 10.5. The topological polar surface area (TPSA) is 54.9 Å². The summed E-state index contributed by atoms with van der Waals surface area (Å²) in [6.07, 6.45) is 0. The van der Waals surface area contributed by atoms with E-state index in [-0.39, 0.29) is 5.91 Å². The smallest absolute Gasteiger partial charge is 0.256 e. The molecule has 6 rings (SSSR count). The van der Waals surface area contributed by atoms with Gasteiger partial charge < -0.3 is 5.32 Å². The molecule has 0 aliphatic carbocycles. The van der Waals surface area contributed by atoms with Gasteiger partial charge in [-0.05, 0) is 73.2 Å². The summed E-state index contributed by atoms with van der Waals surface area (Å²) in [6.45, 7) is 2.09. The van der Waals surface area contributed by atoms with Gasteiger partial charge in [0.15, 0.2) is 0 Å². The first-order valence-electron chi connectivity index (χ1n) is 11.5. The second kappa shape index (κ2) is 9.30. The summed E-state index contributed by atoms with van der Waals surface area (Å²) in [6, 6.07) is 31.6. The highest BCUT2D eigenvalue weighted by Crippen LogP contribution is 2.32. The molecular formula is C30H20BrN3OS. The number of thiazole rings is 1. The zero-order chi connectivity index (χ0) is 24.6. The Labute approximate surface area is 220 Å². The van der Waals surface area contributed by atoms with Crippen molar-refractivity contribution in [2.75, 3.05) is 5.32 Å². The highest BCUT2D eigenvalue weighted by Gasteiger charge is 2.15. The van der Waals surface area contributed by atoms with E-state index in [1.165, 1.54) is 10.3 Å². The molecule has 6 heteroatoms. The van der Waals surface area contributed by atoms with Gasteiger partial charge in [0, 0.05) is 26.7 Å². The van der Waals surface area contributed by atoms with Crippen LogP contribution in [0, 0.1) is 6.92 Å². The van der Waals surface area contributed by atoms with Crippen LogP contribution >= 0.6 is 27.3 Å². The molecule has 2 aromatic heterocycles. The fourth-order valence-corrected chi connectivity index (χ4v) is 5.52. The molecule has 0 aliphatic heterocycles. The maximum atomic E-state index is 13.4. The molecular weight excluding hydrogens is 530 g/mol.